The zero-order valence-electron chi connectivity index (χ0n) is 11.2. The van der Waals surface area contributed by atoms with Crippen molar-refractivity contribution in [3.63, 3.8) is 0 Å². The fraction of sp³-hybridized carbons (Fsp3) is 0.133. The monoisotopic (exact) mass is 282 g/mol. The molecule has 0 radical (unpaired) electrons. The van der Waals surface area contributed by atoms with Crippen molar-refractivity contribution in [2.24, 2.45) is 0 Å². The molecule has 0 saturated heterocycles. The van der Waals surface area contributed by atoms with Gasteiger partial charge in [-0.25, -0.2) is 9.97 Å². The molecule has 0 aliphatic heterocycles. The zero-order chi connectivity index (χ0) is 14.8. The van der Waals surface area contributed by atoms with Crippen LogP contribution in [0.3, 0.4) is 0 Å². The van der Waals surface area contributed by atoms with Gasteiger partial charge in [-0.1, -0.05) is 12.1 Å². The Morgan fingerprint density at radius 3 is 2.71 bits per heavy atom. The minimum absolute atomic E-state index is 0.0876. The van der Waals surface area contributed by atoms with E-state index in [1.165, 1.54) is 0 Å². The van der Waals surface area contributed by atoms with Crippen molar-refractivity contribution in [1.29, 1.82) is 0 Å². The van der Waals surface area contributed by atoms with E-state index in [1.54, 1.807) is 18.6 Å². The van der Waals surface area contributed by atoms with Crippen molar-refractivity contribution >= 4 is 17.3 Å². The molecule has 0 aliphatic carbocycles. The fourth-order valence-corrected chi connectivity index (χ4v) is 2.26. The van der Waals surface area contributed by atoms with Crippen LogP contribution in [-0.2, 0) is 17.6 Å². The van der Waals surface area contributed by atoms with Crippen LogP contribution in [0, 0.1) is 0 Å². The number of hydrogen-bond acceptors (Lipinski definition) is 4. The summed E-state index contributed by atoms with van der Waals surface area (Å²) < 4.78 is 1.83. The summed E-state index contributed by atoms with van der Waals surface area (Å²) in [6.07, 6.45) is 5.56. The van der Waals surface area contributed by atoms with Crippen LogP contribution in [0.2, 0.25) is 0 Å². The molecule has 2 heterocycles. The van der Waals surface area contributed by atoms with Gasteiger partial charge < -0.3 is 10.8 Å². The highest BCUT2D eigenvalue weighted by atomic mass is 16.4. The third-order valence-corrected chi connectivity index (χ3v) is 3.26. The Morgan fingerprint density at radius 2 is 2.00 bits per heavy atom. The maximum Gasteiger partial charge on any atom is 0.308 e. The third-order valence-electron chi connectivity index (χ3n) is 3.26. The summed E-state index contributed by atoms with van der Waals surface area (Å²) in [6.45, 7) is 0. The van der Waals surface area contributed by atoms with E-state index in [0.29, 0.717) is 17.6 Å². The van der Waals surface area contributed by atoms with Crippen molar-refractivity contribution in [3.05, 3.63) is 59.8 Å². The van der Waals surface area contributed by atoms with Crippen LogP contribution < -0.4 is 5.73 Å². The molecular weight excluding hydrogens is 268 g/mol. The Kier molecular flexibility index (Phi) is 3.27. The molecule has 0 amide bonds. The number of anilines is 1. The van der Waals surface area contributed by atoms with Crippen molar-refractivity contribution in [2.75, 3.05) is 5.73 Å². The largest absolute Gasteiger partial charge is 0.481 e. The summed E-state index contributed by atoms with van der Waals surface area (Å²) in [6, 6.07) is 7.59. The highest BCUT2D eigenvalue weighted by Gasteiger charge is 2.11. The minimum Gasteiger partial charge on any atom is -0.481 e. The fourth-order valence-electron chi connectivity index (χ4n) is 2.26. The first kappa shape index (κ1) is 13.1. The molecule has 21 heavy (non-hydrogen) atoms. The summed E-state index contributed by atoms with van der Waals surface area (Å²) in [5, 5.41) is 8.92. The molecule has 0 atom stereocenters. The summed E-state index contributed by atoms with van der Waals surface area (Å²) in [4.78, 5) is 19.5. The number of benzene rings is 1. The predicted octanol–water partition coefficient (Wildman–Crippen LogP) is 1.53. The van der Waals surface area contributed by atoms with Crippen LogP contribution in [-0.4, -0.2) is 25.4 Å². The number of nitrogen functional groups attached to an aromatic ring is 1. The number of hydrogen-bond donors (Lipinski definition) is 2. The molecule has 0 fully saturated rings. The molecule has 0 aliphatic rings. The minimum atomic E-state index is -0.895. The third kappa shape index (κ3) is 2.69. The number of aliphatic carboxylic acids is 1. The molecule has 2 aromatic heterocycles. The van der Waals surface area contributed by atoms with Crippen LogP contribution in [0.5, 0.6) is 0 Å². The number of imidazole rings is 1. The van der Waals surface area contributed by atoms with Gasteiger partial charge in [0.25, 0.3) is 0 Å². The summed E-state index contributed by atoms with van der Waals surface area (Å²) in [7, 11) is 0. The molecule has 0 bridgehead atoms. The molecule has 0 spiro atoms. The normalized spacial score (nSPS) is 10.9. The standard InChI is InChI=1S/C15H14N4O2/c16-12-3-1-10(2-4-12)7-13-18-9-11(8-14(20)21)15-17-5-6-19(13)15/h1-6,9H,7-8,16H2,(H,20,21). The SMILES string of the molecule is Nc1ccc(Cc2ncc(CC(=O)O)c3nccn23)cc1. The van der Waals surface area contributed by atoms with Gasteiger partial charge in [-0.15, -0.1) is 0 Å². The van der Waals surface area contributed by atoms with E-state index < -0.39 is 5.97 Å². The lowest BCUT2D eigenvalue weighted by Gasteiger charge is -2.08. The van der Waals surface area contributed by atoms with Crippen LogP contribution >= 0.6 is 0 Å². The molecule has 6 heteroatoms. The van der Waals surface area contributed by atoms with Crippen molar-refractivity contribution in [3.8, 4) is 0 Å². The Hall–Kier alpha value is -2.89. The summed E-state index contributed by atoms with van der Waals surface area (Å²) in [5.74, 6) is -0.0885. The van der Waals surface area contributed by atoms with Crippen LogP contribution in [0.1, 0.15) is 17.0 Å². The zero-order valence-corrected chi connectivity index (χ0v) is 11.2. The number of nitrogens with two attached hydrogens (primary N) is 1. The number of rotatable bonds is 4. The van der Waals surface area contributed by atoms with Gasteiger partial charge in [-0.3, -0.25) is 9.20 Å². The van der Waals surface area contributed by atoms with E-state index in [-0.39, 0.29) is 6.42 Å². The Bertz CT molecular complexity index is 793. The van der Waals surface area contributed by atoms with Gasteiger partial charge in [0, 0.05) is 36.3 Å². The van der Waals surface area contributed by atoms with E-state index in [0.717, 1.165) is 17.1 Å². The average Bonchev–Trinajstić information content (AvgIpc) is 2.93. The lowest BCUT2D eigenvalue weighted by Crippen LogP contribution is -2.07. The first-order valence-electron chi connectivity index (χ1n) is 6.49. The quantitative estimate of drug-likeness (QED) is 0.708. The van der Waals surface area contributed by atoms with Gasteiger partial charge in [0.15, 0.2) is 0 Å². The summed E-state index contributed by atoms with van der Waals surface area (Å²) >= 11 is 0. The lowest BCUT2D eigenvalue weighted by atomic mass is 10.1. The molecule has 1 aromatic carbocycles. The molecule has 3 rings (SSSR count). The number of carboxylic acid groups (broad SMARTS) is 1. The highest BCUT2D eigenvalue weighted by Crippen LogP contribution is 2.15. The number of carbonyl (C=O) groups is 1. The predicted molar refractivity (Wildman–Crippen MR) is 78.0 cm³/mol. The Labute approximate surface area is 120 Å². The maximum absolute atomic E-state index is 10.9. The van der Waals surface area contributed by atoms with Crippen molar-refractivity contribution in [1.82, 2.24) is 14.4 Å². The van der Waals surface area contributed by atoms with Crippen LogP contribution in [0.15, 0.2) is 42.9 Å². The second-order valence-electron chi connectivity index (χ2n) is 4.81. The van der Waals surface area contributed by atoms with Crippen molar-refractivity contribution < 1.29 is 9.90 Å². The highest BCUT2D eigenvalue weighted by molar-refractivity contribution is 5.73. The number of nitrogens with zero attached hydrogens (tertiary/aromatic N) is 3. The van der Waals surface area contributed by atoms with Gasteiger partial charge in [0.1, 0.15) is 11.5 Å². The molecule has 0 saturated carbocycles. The Morgan fingerprint density at radius 1 is 1.24 bits per heavy atom. The number of aromatic nitrogens is 3. The second kappa shape index (κ2) is 5.24. The van der Waals surface area contributed by atoms with E-state index in [2.05, 4.69) is 9.97 Å². The molecule has 3 aromatic rings. The Balaban J connectivity index is 1.98. The average molecular weight is 282 g/mol. The van der Waals surface area contributed by atoms with Gasteiger partial charge in [-0.05, 0) is 17.7 Å². The van der Waals surface area contributed by atoms with E-state index >= 15 is 0 Å². The smallest absolute Gasteiger partial charge is 0.308 e. The number of carboxylic acids is 1. The second-order valence-corrected chi connectivity index (χ2v) is 4.81. The van der Waals surface area contributed by atoms with Crippen LogP contribution in [0.4, 0.5) is 5.69 Å². The topological polar surface area (TPSA) is 93.5 Å². The summed E-state index contributed by atoms with van der Waals surface area (Å²) in [5.41, 5.74) is 8.72. The molecule has 6 nitrogen and oxygen atoms in total. The van der Waals surface area contributed by atoms with E-state index in [1.807, 2.05) is 28.7 Å². The van der Waals surface area contributed by atoms with Gasteiger partial charge >= 0.3 is 5.97 Å². The van der Waals surface area contributed by atoms with Gasteiger partial charge in [-0.2, -0.15) is 0 Å². The molecule has 106 valence electrons. The molecule has 3 N–H and O–H groups in total. The van der Waals surface area contributed by atoms with Crippen LogP contribution in [0.25, 0.3) is 5.65 Å². The van der Waals surface area contributed by atoms with E-state index in [4.69, 9.17) is 10.8 Å². The van der Waals surface area contributed by atoms with Crippen molar-refractivity contribution in [2.45, 2.75) is 12.8 Å². The first-order valence-corrected chi connectivity index (χ1v) is 6.49. The lowest BCUT2D eigenvalue weighted by molar-refractivity contribution is -0.136. The molecule has 0 unspecified atom stereocenters. The maximum atomic E-state index is 10.9. The number of fused-ring (bicyclic) bond motifs is 1. The van der Waals surface area contributed by atoms with E-state index in [9.17, 15) is 4.79 Å². The van der Waals surface area contributed by atoms with Gasteiger partial charge in [0.2, 0.25) is 0 Å². The first-order chi connectivity index (χ1) is 10.1. The van der Waals surface area contributed by atoms with Gasteiger partial charge in [0.05, 0.1) is 6.42 Å². The molecular formula is C15H14N4O2.